The first-order valence-corrected chi connectivity index (χ1v) is 7.95. The number of ether oxygens (including phenoxy) is 1. The van der Waals surface area contributed by atoms with E-state index in [4.69, 9.17) is 10.6 Å². The molecule has 0 aliphatic carbocycles. The molecule has 0 atom stereocenters. The van der Waals surface area contributed by atoms with E-state index in [1.54, 1.807) is 6.07 Å². The number of nitrogens with two attached hydrogens (primary N) is 1. The average Bonchev–Trinajstić information content (AvgIpc) is 2.53. The summed E-state index contributed by atoms with van der Waals surface area (Å²) >= 11 is 3.46. The highest BCUT2D eigenvalue weighted by atomic mass is 79.9. The quantitative estimate of drug-likeness (QED) is 0.476. The van der Waals surface area contributed by atoms with Crippen molar-refractivity contribution >= 4 is 30.2 Å². The number of benzene rings is 1. The van der Waals surface area contributed by atoms with E-state index >= 15 is 0 Å². The van der Waals surface area contributed by atoms with E-state index in [2.05, 4.69) is 20.9 Å². The number of pyridine rings is 1. The minimum Gasteiger partial charge on any atom is -0.473 e. The molecular formula is C14H15BrN3O2P. The van der Waals surface area contributed by atoms with Crippen LogP contribution in [0.15, 0.2) is 40.9 Å². The second kappa shape index (κ2) is 7.50. The van der Waals surface area contributed by atoms with Crippen molar-refractivity contribution in [2.24, 2.45) is 5.84 Å². The zero-order valence-corrected chi connectivity index (χ0v) is 14.0. The first-order valence-electron chi connectivity index (χ1n) is 6.40. The van der Waals surface area contributed by atoms with E-state index in [1.807, 2.05) is 37.3 Å². The first kappa shape index (κ1) is 15.9. The van der Waals surface area contributed by atoms with E-state index in [0.29, 0.717) is 11.6 Å². The highest BCUT2D eigenvalue weighted by Gasteiger charge is 2.12. The van der Waals surface area contributed by atoms with Gasteiger partial charge in [-0.1, -0.05) is 35.0 Å². The molecule has 0 saturated heterocycles. The standard InChI is InChI=1S/C14H15BrN3O2P/c1-2-10-5-3-8-14(17-10)20-9-11-12(15)6-4-7-13(11)18(16)21-19/h3-8H,2,9,16H2,1H3. The van der Waals surface area contributed by atoms with Crippen molar-refractivity contribution in [1.82, 2.24) is 4.98 Å². The van der Waals surface area contributed by atoms with Gasteiger partial charge >= 0.3 is 0 Å². The molecule has 0 spiro atoms. The number of halogens is 1. The van der Waals surface area contributed by atoms with Gasteiger partial charge in [-0.2, -0.15) is 0 Å². The summed E-state index contributed by atoms with van der Waals surface area (Å²) in [6.07, 6.45) is 0.850. The third kappa shape index (κ3) is 4.00. The molecule has 5 nitrogen and oxygen atoms in total. The number of hydrogen-bond acceptors (Lipinski definition) is 4. The van der Waals surface area contributed by atoms with E-state index in [-0.39, 0.29) is 15.2 Å². The van der Waals surface area contributed by atoms with Gasteiger partial charge in [0.15, 0.2) is 0 Å². The Morgan fingerprint density at radius 2 is 2.10 bits per heavy atom. The number of aromatic nitrogens is 1. The molecule has 0 unspecified atom stereocenters. The zero-order valence-electron chi connectivity index (χ0n) is 11.5. The highest BCUT2D eigenvalue weighted by Crippen LogP contribution is 2.30. The fraction of sp³-hybridized carbons (Fsp3) is 0.214. The van der Waals surface area contributed by atoms with Crippen molar-refractivity contribution < 1.29 is 9.30 Å². The fourth-order valence-corrected chi connectivity index (χ4v) is 2.58. The normalized spacial score (nSPS) is 10.6. The van der Waals surface area contributed by atoms with Crippen LogP contribution < -0.4 is 15.4 Å². The Morgan fingerprint density at radius 1 is 1.33 bits per heavy atom. The number of rotatable bonds is 6. The van der Waals surface area contributed by atoms with Crippen molar-refractivity contribution in [1.29, 1.82) is 0 Å². The lowest BCUT2D eigenvalue weighted by Crippen LogP contribution is -2.21. The van der Waals surface area contributed by atoms with Crippen LogP contribution in [-0.2, 0) is 17.6 Å². The smallest absolute Gasteiger partial charge is 0.297 e. The molecule has 1 heterocycles. The Hall–Kier alpha value is -1.49. The molecule has 2 aromatic rings. The van der Waals surface area contributed by atoms with Crippen LogP contribution in [-0.4, -0.2) is 4.98 Å². The van der Waals surface area contributed by atoms with Gasteiger partial charge in [0, 0.05) is 21.8 Å². The first-order chi connectivity index (χ1) is 10.2. The van der Waals surface area contributed by atoms with Crippen molar-refractivity contribution in [3.05, 3.63) is 52.1 Å². The Morgan fingerprint density at radius 3 is 2.81 bits per heavy atom. The minimum atomic E-state index is -0.281. The molecule has 2 rings (SSSR count). The molecule has 1 aromatic carbocycles. The van der Waals surface area contributed by atoms with Gasteiger partial charge < -0.3 is 4.74 Å². The molecule has 0 aliphatic rings. The molecule has 0 radical (unpaired) electrons. The lowest BCUT2D eigenvalue weighted by atomic mass is 10.2. The molecule has 0 amide bonds. The van der Waals surface area contributed by atoms with Gasteiger partial charge in [-0.3, -0.25) is 0 Å². The van der Waals surface area contributed by atoms with Crippen molar-refractivity contribution in [3.63, 3.8) is 0 Å². The topological polar surface area (TPSA) is 68.5 Å². The number of hydrazine groups is 1. The van der Waals surface area contributed by atoms with Gasteiger partial charge in [-0.15, -0.1) is 0 Å². The number of hydrogen-bond donors (Lipinski definition) is 1. The van der Waals surface area contributed by atoms with Crippen LogP contribution in [0.4, 0.5) is 5.69 Å². The summed E-state index contributed by atoms with van der Waals surface area (Å²) in [5.74, 6) is 6.25. The Balaban J connectivity index is 2.21. The maximum atomic E-state index is 11.0. The number of anilines is 1. The highest BCUT2D eigenvalue weighted by molar-refractivity contribution is 9.10. The third-order valence-electron chi connectivity index (χ3n) is 2.94. The SMILES string of the molecule is CCc1cccc(OCc2c(Br)cccc2N(N)P=O)n1. The van der Waals surface area contributed by atoms with Crippen LogP contribution in [0, 0.1) is 0 Å². The summed E-state index contributed by atoms with van der Waals surface area (Å²) in [6, 6.07) is 11.2. The van der Waals surface area contributed by atoms with Crippen LogP contribution in [0.2, 0.25) is 0 Å². The molecule has 110 valence electrons. The Kier molecular flexibility index (Phi) is 5.67. The lowest BCUT2D eigenvalue weighted by Gasteiger charge is -2.16. The Labute approximate surface area is 133 Å². The van der Waals surface area contributed by atoms with Crippen molar-refractivity contribution in [2.75, 3.05) is 4.78 Å². The maximum absolute atomic E-state index is 11.0. The van der Waals surface area contributed by atoms with Gasteiger partial charge in [0.25, 0.3) is 8.61 Å². The van der Waals surface area contributed by atoms with Crippen LogP contribution in [0.25, 0.3) is 0 Å². The summed E-state index contributed by atoms with van der Waals surface area (Å²) in [4.78, 5) is 4.38. The molecule has 0 bridgehead atoms. The van der Waals surface area contributed by atoms with E-state index in [1.165, 1.54) is 0 Å². The van der Waals surface area contributed by atoms with Gasteiger partial charge in [0.2, 0.25) is 5.88 Å². The summed E-state index contributed by atoms with van der Waals surface area (Å²) in [6.45, 7) is 2.32. The minimum absolute atomic E-state index is 0.278. The van der Waals surface area contributed by atoms with Crippen LogP contribution in [0.1, 0.15) is 18.2 Å². The predicted octanol–water partition coefficient (Wildman–Crippen LogP) is 3.87. The predicted molar refractivity (Wildman–Crippen MR) is 86.4 cm³/mol. The molecule has 2 N–H and O–H groups in total. The van der Waals surface area contributed by atoms with E-state index in [9.17, 15) is 4.57 Å². The lowest BCUT2D eigenvalue weighted by molar-refractivity contribution is 0.293. The molecule has 0 aliphatic heterocycles. The summed E-state index contributed by atoms with van der Waals surface area (Å²) in [5, 5.41) is 0. The van der Waals surface area contributed by atoms with Crippen molar-refractivity contribution in [3.8, 4) is 5.88 Å². The van der Waals surface area contributed by atoms with E-state index in [0.717, 1.165) is 26.9 Å². The number of nitrogens with zero attached hydrogens (tertiary/aromatic N) is 2. The number of aryl methyl sites for hydroxylation is 1. The largest absolute Gasteiger partial charge is 0.473 e. The summed E-state index contributed by atoms with van der Waals surface area (Å²) < 4.78 is 18.6. The van der Waals surface area contributed by atoms with Gasteiger partial charge in [0.1, 0.15) is 6.61 Å². The molecule has 1 aromatic heterocycles. The third-order valence-corrected chi connectivity index (χ3v) is 4.07. The molecule has 7 heteroatoms. The van der Waals surface area contributed by atoms with Crippen LogP contribution >= 0.6 is 24.5 Å². The summed E-state index contributed by atoms with van der Waals surface area (Å²) in [5.41, 5.74) is 2.41. The maximum Gasteiger partial charge on any atom is 0.297 e. The monoisotopic (exact) mass is 367 g/mol. The molecule has 0 fully saturated rings. The summed E-state index contributed by atoms with van der Waals surface area (Å²) in [7, 11) is -0.281. The second-order valence-electron chi connectivity index (χ2n) is 4.27. The molecule has 0 saturated carbocycles. The van der Waals surface area contributed by atoms with Crippen LogP contribution in [0.3, 0.4) is 0 Å². The van der Waals surface area contributed by atoms with Gasteiger partial charge in [-0.05, 0) is 24.6 Å². The van der Waals surface area contributed by atoms with E-state index < -0.39 is 0 Å². The second-order valence-corrected chi connectivity index (χ2v) is 5.72. The van der Waals surface area contributed by atoms with Gasteiger partial charge in [-0.25, -0.2) is 20.2 Å². The Bertz CT molecular complexity index is 639. The van der Waals surface area contributed by atoms with Crippen molar-refractivity contribution in [2.45, 2.75) is 20.0 Å². The molecular weight excluding hydrogens is 353 g/mol. The van der Waals surface area contributed by atoms with Gasteiger partial charge in [0.05, 0.1) is 5.69 Å². The average molecular weight is 368 g/mol. The van der Waals surface area contributed by atoms with Crippen LogP contribution in [0.5, 0.6) is 5.88 Å². The fourth-order valence-electron chi connectivity index (χ4n) is 1.83. The molecule has 21 heavy (non-hydrogen) atoms. The zero-order chi connectivity index (χ0) is 15.2.